The predicted octanol–water partition coefficient (Wildman–Crippen LogP) is 4.91. The minimum atomic E-state index is -0.266. The molecule has 0 bridgehead atoms. The van der Waals surface area contributed by atoms with E-state index in [0.717, 1.165) is 15.0 Å². The van der Waals surface area contributed by atoms with Crippen molar-refractivity contribution in [3.8, 4) is 16.3 Å². The van der Waals surface area contributed by atoms with Gasteiger partial charge in [0.15, 0.2) is 0 Å². The molecule has 0 atom stereocenters. The molecular weight excluding hydrogens is 426 g/mol. The molecule has 1 heterocycles. The van der Waals surface area contributed by atoms with Gasteiger partial charge in [-0.15, -0.1) is 10.2 Å². The highest BCUT2D eigenvalue weighted by atomic mass is 79.9. The lowest BCUT2D eigenvalue weighted by Crippen LogP contribution is -2.26. The highest BCUT2D eigenvalue weighted by Crippen LogP contribution is 2.31. The summed E-state index contributed by atoms with van der Waals surface area (Å²) in [6, 6.07) is 12.7. The van der Waals surface area contributed by atoms with Gasteiger partial charge in [0.2, 0.25) is 5.13 Å². The van der Waals surface area contributed by atoms with Crippen LogP contribution in [0.2, 0.25) is 5.02 Å². The molecule has 0 aliphatic rings. The van der Waals surface area contributed by atoms with E-state index in [1.807, 2.05) is 24.3 Å². The van der Waals surface area contributed by atoms with Crippen LogP contribution in [0.5, 0.6) is 5.75 Å². The minimum absolute atomic E-state index is 0.266. The SMILES string of the molecule is COc1ccc(Cl)cc1C(=O)N(C)c1nnc(-c2ccc(Br)cc2)s1. The molecule has 0 spiro atoms. The van der Waals surface area contributed by atoms with Gasteiger partial charge in [-0.2, -0.15) is 0 Å². The van der Waals surface area contributed by atoms with Gasteiger partial charge in [-0.25, -0.2) is 0 Å². The maximum absolute atomic E-state index is 12.8. The first-order chi connectivity index (χ1) is 12.0. The van der Waals surface area contributed by atoms with E-state index in [2.05, 4.69) is 26.1 Å². The summed E-state index contributed by atoms with van der Waals surface area (Å²) >= 11 is 10.7. The van der Waals surface area contributed by atoms with Crippen LogP contribution in [0.25, 0.3) is 10.6 Å². The summed E-state index contributed by atoms with van der Waals surface area (Å²) in [6.07, 6.45) is 0. The third-order valence-electron chi connectivity index (χ3n) is 3.49. The zero-order chi connectivity index (χ0) is 18.0. The second kappa shape index (κ2) is 7.51. The van der Waals surface area contributed by atoms with Crippen LogP contribution in [0.4, 0.5) is 5.13 Å². The Morgan fingerprint density at radius 1 is 1.20 bits per heavy atom. The highest BCUT2D eigenvalue weighted by Gasteiger charge is 2.21. The number of rotatable bonds is 4. The summed E-state index contributed by atoms with van der Waals surface area (Å²) in [6.45, 7) is 0. The molecule has 3 rings (SSSR count). The average Bonchev–Trinajstić information content (AvgIpc) is 3.11. The Morgan fingerprint density at radius 2 is 1.92 bits per heavy atom. The molecule has 0 fully saturated rings. The van der Waals surface area contributed by atoms with Crippen molar-refractivity contribution in [1.82, 2.24) is 10.2 Å². The number of carbonyl (C=O) groups excluding carboxylic acids is 1. The third-order valence-corrected chi connectivity index (χ3v) is 5.30. The molecule has 5 nitrogen and oxygen atoms in total. The standard InChI is InChI=1S/C17H13BrClN3O2S/c1-22(16(23)13-9-12(19)7-8-14(13)24-2)17-21-20-15(25-17)10-3-5-11(18)6-4-10/h3-9H,1-2H3. The van der Waals surface area contributed by atoms with Crippen molar-refractivity contribution in [2.45, 2.75) is 0 Å². The number of anilines is 1. The zero-order valence-corrected chi connectivity index (χ0v) is 16.5. The van der Waals surface area contributed by atoms with Crippen LogP contribution in [-0.2, 0) is 0 Å². The molecule has 2 aromatic carbocycles. The van der Waals surface area contributed by atoms with E-state index in [0.29, 0.717) is 21.5 Å². The number of nitrogens with zero attached hydrogens (tertiary/aromatic N) is 3. The molecule has 0 aliphatic carbocycles. The molecular formula is C17H13BrClN3O2S. The number of ether oxygens (including phenoxy) is 1. The molecule has 0 unspecified atom stereocenters. The van der Waals surface area contributed by atoms with E-state index in [1.165, 1.54) is 23.3 Å². The number of hydrogen-bond donors (Lipinski definition) is 0. The normalized spacial score (nSPS) is 10.6. The fraction of sp³-hybridized carbons (Fsp3) is 0.118. The first-order valence-corrected chi connectivity index (χ1v) is 9.19. The van der Waals surface area contributed by atoms with Crippen LogP contribution in [0, 0.1) is 0 Å². The fourth-order valence-corrected chi connectivity index (χ4v) is 3.42. The number of carbonyl (C=O) groups is 1. The molecule has 8 heteroatoms. The quantitative estimate of drug-likeness (QED) is 0.581. The van der Waals surface area contributed by atoms with Crippen LogP contribution in [0.15, 0.2) is 46.9 Å². The lowest BCUT2D eigenvalue weighted by Gasteiger charge is -2.15. The van der Waals surface area contributed by atoms with E-state index < -0.39 is 0 Å². The van der Waals surface area contributed by atoms with Gasteiger partial charge >= 0.3 is 0 Å². The van der Waals surface area contributed by atoms with E-state index in [4.69, 9.17) is 16.3 Å². The lowest BCUT2D eigenvalue weighted by atomic mass is 10.2. The third kappa shape index (κ3) is 3.84. The van der Waals surface area contributed by atoms with Gasteiger partial charge in [0.25, 0.3) is 5.91 Å². The molecule has 0 aliphatic heterocycles. The lowest BCUT2D eigenvalue weighted by molar-refractivity contribution is 0.0990. The van der Waals surface area contributed by atoms with E-state index in [1.54, 1.807) is 25.2 Å². The van der Waals surface area contributed by atoms with Crippen molar-refractivity contribution in [2.75, 3.05) is 19.1 Å². The summed E-state index contributed by atoms with van der Waals surface area (Å²) in [5.74, 6) is 0.191. The first-order valence-electron chi connectivity index (χ1n) is 7.20. The van der Waals surface area contributed by atoms with Gasteiger partial charge in [-0.1, -0.05) is 51.0 Å². The van der Waals surface area contributed by atoms with E-state index >= 15 is 0 Å². The van der Waals surface area contributed by atoms with Crippen LogP contribution >= 0.6 is 38.9 Å². The van der Waals surface area contributed by atoms with Gasteiger partial charge in [0.05, 0.1) is 12.7 Å². The van der Waals surface area contributed by atoms with Crippen LogP contribution in [0.3, 0.4) is 0 Å². The number of methoxy groups -OCH3 is 1. The molecule has 1 aromatic heterocycles. The van der Waals surface area contributed by atoms with Crippen LogP contribution in [-0.4, -0.2) is 30.3 Å². The molecule has 3 aromatic rings. The molecule has 25 heavy (non-hydrogen) atoms. The summed E-state index contributed by atoms with van der Waals surface area (Å²) in [5, 5.41) is 9.99. The molecule has 0 N–H and O–H groups in total. The minimum Gasteiger partial charge on any atom is -0.496 e. The summed E-state index contributed by atoms with van der Waals surface area (Å²) in [4.78, 5) is 14.2. The zero-order valence-electron chi connectivity index (χ0n) is 13.4. The second-order valence-corrected chi connectivity index (χ2v) is 7.41. The van der Waals surface area contributed by atoms with Crippen LogP contribution in [0.1, 0.15) is 10.4 Å². The largest absolute Gasteiger partial charge is 0.496 e. The van der Waals surface area contributed by atoms with Crippen molar-refractivity contribution in [2.24, 2.45) is 0 Å². The van der Waals surface area contributed by atoms with Gasteiger partial charge in [0, 0.05) is 22.1 Å². The topological polar surface area (TPSA) is 55.3 Å². The number of amides is 1. The Morgan fingerprint density at radius 3 is 2.60 bits per heavy atom. The second-order valence-electron chi connectivity index (χ2n) is 5.11. The molecule has 0 saturated heterocycles. The Kier molecular flexibility index (Phi) is 5.36. The maximum Gasteiger partial charge on any atom is 0.263 e. The van der Waals surface area contributed by atoms with Crippen molar-refractivity contribution in [3.63, 3.8) is 0 Å². The summed E-state index contributed by atoms with van der Waals surface area (Å²) in [7, 11) is 3.16. The predicted molar refractivity (Wildman–Crippen MR) is 104 cm³/mol. The average molecular weight is 439 g/mol. The number of halogens is 2. The Balaban J connectivity index is 1.89. The summed E-state index contributed by atoms with van der Waals surface area (Å²) in [5.41, 5.74) is 1.31. The van der Waals surface area contributed by atoms with Gasteiger partial charge in [-0.05, 0) is 30.3 Å². The van der Waals surface area contributed by atoms with Gasteiger partial charge in [-0.3, -0.25) is 9.69 Å². The van der Waals surface area contributed by atoms with E-state index in [9.17, 15) is 4.79 Å². The molecule has 0 saturated carbocycles. The fourth-order valence-electron chi connectivity index (χ4n) is 2.18. The number of hydrogen-bond acceptors (Lipinski definition) is 5. The molecule has 0 radical (unpaired) electrons. The van der Waals surface area contributed by atoms with Crippen molar-refractivity contribution < 1.29 is 9.53 Å². The Bertz CT molecular complexity index is 915. The monoisotopic (exact) mass is 437 g/mol. The summed E-state index contributed by atoms with van der Waals surface area (Å²) < 4.78 is 6.24. The van der Waals surface area contributed by atoms with Crippen LogP contribution < -0.4 is 9.64 Å². The maximum atomic E-state index is 12.8. The smallest absolute Gasteiger partial charge is 0.263 e. The van der Waals surface area contributed by atoms with Gasteiger partial charge in [0.1, 0.15) is 10.8 Å². The van der Waals surface area contributed by atoms with Crippen molar-refractivity contribution >= 4 is 49.9 Å². The van der Waals surface area contributed by atoms with Gasteiger partial charge < -0.3 is 4.74 Å². The van der Waals surface area contributed by atoms with Crippen molar-refractivity contribution in [1.29, 1.82) is 0 Å². The first kappa shape index (κ1) is 17.8. The molecule has 1 amide bonds. The van der Waals surface area contributed by atoms with E-state index in [-0.39, 0.29) is 5.91 Å². The highest BCUT2D eigenvalue weighted by molar-refractivity contribution is 9.10. The van der Waals surface area contributed by atoms with Crippen molar-refractivity contribution in [3.05, 3.63) is 57.5 Å². The number of aromatic nitrogens is 2. The molecule has 128 valence electrons. The Labute approximate surface area is 162 Å². The Hall–Kier alpha value is -1.96. The number of benzene rings is 2.